The first-order valence-electron chi connectivity index (χ1n) is 9.13. The van der Waals surface area contributed by atoms with Gasteiger partial charge in [0.2, 0.25) is 11.8 Å². The second-order valence-electron chi connectivity index (χ2n) is 6.87. The number of alkyl halides is 2. The average molecular weight is 392 g/mol. The fraction of sp³-hybridized carbons (Fsp3) is 0.474. The molecule has 2 aliphatic rings. The van der Waals surface area contributed by atoms with Crippen LogP contribution in [0.2, 0.25) is 0 Å². The van der Waals surface area contributed by atoms with E-state index in [4.69, 9.17) is 14.2 Å². The molecule has 4 heterocycles. The highest BCUT2D eigenvalue weighted by Crippen LogP contribution is 2.40. The predicted octanol–water partition coefficient (Wildman–Crippen LogP) is 3.04. The summed E-state index contributed by atoms with van der Waals surface area (Å²) in [6.45, 7) is 2.75. The van der Waals surface area contributed by atoms with Crippen molar-refractivity contribution < 1.29 is 23.0 Å². The zero-order valence-corrected chi connectivity index (χ0v) is 15.8. The molecule has 7 nitrogen and oxygen atoms in total. The molecule has 0 saturated carbocycles. The van der Waals surface area contributed by atoms with Crippen LogP contribution in [-0.2, 0) is 0 Å². The van der Waals surface area contributed by atoms with Gasteiger partial charge in [-0.05, 0) is 19.5 Å². The second-order valence-corrected chi connectivity index (χ2v) is 6.87. The zero-order chi connectivity index (χ0) is 19.7. The van der Waals surface area contributed by atoms with Crippen molar-refractivity contribution in [2.45, 2.75) is 19.0 Å². The van der Waals surface area contributed by atoms with E-state index in [1.165, 1.54) is 19.4 Å². The van der Waals surface area contributed by atoms with E-state index >= 15 is 0 Å². The molecule has 150 valence electrons. The van der Waals surface area contributed by atoms with Gasteiger partial charge in [-0.15, -0.1) is 0 Å². The lowest BCUT2D eigenvalue weighted by molar-refractivity contribution is 0.146. The van der Waals surface area contributed by atoms with Crippen molar-refractivity contribution >= 4 is 11.4 Å². The Morgan fingerprint density at radius 2 is 2.07 bits per heavy atom. The Hall–Kier alpha value is -2.68. The first-order chi connectivity index (χ1) is 13.5. The number of rotatable bonds is 5. The van der Waals surface area contributed by atoms with Crippen LogP contribution in [0.5, 0.6) is 17.5 Å². The van der Waals surface area contributed by atoms with Crippen molar-refractivity contribution in [2.75, 3.05) is 45.3 Å². The number of methoxy groups -OCH3 is 1. The molecule has 28 heavy (non-hydrogen) atoms. The maximum atomic E-state index is 13.4. The van der Waals surface area contributed by atoms with Gasteiger partial charge in [0, 0.05) is 19.2 Å². The lowest BCUT2D eigenvalue weighted by atomic mass is 10.2. The molecule has 1 atom stereocenters. The maximum absolute atomic E-state index is 13.4. The number of likely N-dealkylation sites (tertiary alicyclic amines) is 1. The average Bonchev–Trinajstić information content (AvgIpc) is 3.11. The van der Waals surface area contributed by atoms with E-state index in [-0.39, 0.29) is 17.5 Å². The van der Waals surface area contributed by atoms with E-state index in [0.717, 1.165) is 25.2 Å². The van der Waals surface area contributed by atoms with Gasteiger partial charge in [-0.1, -0.05) is 0 Å². The van der Waals surface area contributed by atoms with Crippen LogP contribution in [0.15, 0.2) is 24.5 Å². The number of halogens is 2. The Bertz CT molecular complexity index is 852. The Morgan fingerprint density at radius 1 is 1.21 bits per heavy atom. The molecule has 0 amide bonds. The topological polar surface area (TPSA) is 60.0 Å². The third-order valence-electron chi connectivity index (χ3n) is 4.92. The number of hydrogen-bond acceptors (Lipinski definition) is 7. The summed E-state index contributed by atoms with van der Waals surface area (Å²) < 4.78 is 43.4. The van der Waals surface area contributed by atoms with Crippen molar-refractivity contribution in [1.29, 1.82) is 0 Å². The van der Waals surface area contributed by atoms with E-state index in [1.54, 1.807) is 12.3 Å². The summed E-state index contributed by atoms with van der Waals surface area (Å²) in [5.74, 6) is 0.998. The number of hydrogen-bond donors (Lipinski definition) is 0. The van der Waals surface area contributed by atoms with Gasteiger partial charge in [0.25, 0.3) is 6.43 Å². The largest absolute Gasteiger partial charge is 0.488 e. The minimum Gasteiger partial charge on any atom is -0.488 e. The van der Waals surface area contributed by atoms with Gasteiger partial charge in [0.05, 0.1) is 43.0 Å². The Balaban J connectivity index is 1.64. The van der Waals surface area contributed by atoms with Crippen molar-refractivity contribution in [1.82, 2.24) is 14.9 Å². The number of fused-ring (bicyclic) bond motifs is 1. The molecule has 0 aromatic carbocycles. The fourth-order valence-corrected chi connectivity index (χ4v) is 3.53. The lowest BCUT2D eigenvalue weighted by Gasteiger charge is -2.31. The monoisotopic (exact) mass is 392 g/mol. The summed E-state index contributed by atoms with van der Waals surface area (Å²) in [6.07, 6.45) is 1.48. The van der Waals surface area contributed by atoms with Gasteiger partial charge in [0.1, 0.15) is 12.7 Å². The third-order valence-corrected chi connectivity index (χ3v) is 4.92. The normalized spacial score (nSPS) is 19.5. The second kappa shape index (κ2) is 7.75. The first kappa shape index (κ1) is 18.7. The fourth-order valence-electron chi connectivity index (χ4n) is 3.53. The zero-order valence-electron chi connectivity index (χ0n) is 15.8. The minimum absolute atomic E-state index is 0.0728. The highest BCUT2D eigenvalue weighted by atomic mass is 19.3. The van der Waals surface area contributed by atoms with E-state index in [9.17, 15) is 8.78 Å². The molecule has 1 unspecified atom stereocenters. The highest BCUT2D eigenvalue weighted by molar-refractivity contribution is 5.71. The van der Waals surface area contributed by atoms with Crippen LogP contribution >= 0.6 is 0 Å². The van der Waals surface area contributed by atoms with Crippen LogP contribution < -0.4 is 19.1 Å². The van der Waals surface area contributed by atoms with Gasteiger partial charge in [-0.3, -0.25) is 0 Å². The van der Waals surface area contributed by atoms with E-state index in [0.29, 0.717) is 30.5 Å². The summed E-state index contributed by atoms with van der Waals surface area (Å²) in [5.41, 5.74) is 1.01. The molecule has 4 rings (SSSR count). The Labute approximate surface area is 161 Å². The van der Waals surface area contributed by atoms with Crippen molar-refractivity contribution in [3.05, 3.63) is 30.1 Å². The summed E-state index contributed by atoms with van der Waals surface area (Å²) in [7, 11) is 3.38. The van der Waals surface area contributed by atoms with E-state index in [1.807, 2.05) is 4.90 Å². The molecular formula is C19H22F2N4O3. The number of pyridine rings is 2. The maximum Gasteiger partial charge on any atom is 0.269 e. The number of ether oxygens (including phenoxy) is 3. The predicted molar refractivity (Wildman–Crippen MR) is 99.0 cm³/mol. The molecule has 2 aromatic heterocycles. The van der Waals surface area contributed by atoms with Crippen LogP contribution in [0.4, 0.5) is 20.2 Å². The first-order valence-corrected chi connectivity index (χ1v) is 9.13. The summed E-state index contributed by atoms with van der Waals surface area (Å²) in [4.78, 5) is 12.5. The molecule has 1 saturated heterocycles. The summed E-state index contributed by atoms with van der Waals surface area (Å²) in [5, 5.41) is 0. The van der Waals surface area contributed by atoms with Gasteiger partial charge in [-0.25, -0.2) is 18.7 Å². The van der Waals surface area contributed by atoms with Crippen molar-refractivity contribution in [2.24, 2.45) is 0 Å². The van der Waals surface area contributed by atoms with Crippen molar-refractivity contribution in [3.8, 4) is 17.5 Å². The molecule has 0 aliphatic carbocycles. The van der Waals surface area contributed by atoms with Crippen molar-refractivity contribution in [3.63, 3.8) is 0 Å². The molecule has 2 aromatic rings. The van der Waals surface area contributed by atoms with Crippen LogP contribution in [-0.4, -0.2) is 61.4 Å². The van der Waals surface area contributed by atoms with Gasteiger partial charge in [-0.2, -0.15) is 0 Å². The van der Waals surface area contributed by atoms with Crippen LogP contribution in [0.1, 0.15) is 18.4 Å². The van der Waals surface area contributed by atoms with Crippen LogP contribution in [0.3, 0.4) is 0 Å². The smallest absolute Gasteiger partial charge is 0.269 e. The molecule has 0 spiro atoms. The molecule has 2 aliphatic heterocycles. The third kappa shape index (κ3) is 3.66. The SMILES string of the molecule is COc1ncc(N2CCOc3cnc(OC4CCN(C)C4)cc32)cc1C(F)F. The lowest BCUT2D eigenvalue weighted by Crippen LogP contribution is -2.29. The molecule has 0 N–H and O–H groups in total. The van der Waals surface area contributed by atoms with E-state index < -0.39 is 6.43 Å². The number of aromatic nitrogens is 2. The number of nitrogens with zero attached hydrogens (tertiary/aromatic N) is 4. The number of likely N-dealkylation sites (N-methyl/N-ethyl adjacent to an activating group) is 1. The van der Waals surface area contributed by atoms with E-state index in [2.05, 4.69) is 21.9 Å². The Morgan fingerprint density at radius 3 is 2.79 bits per heavy atom. The number of anilines is 2. The molecular weight excluding hydrogens is 370 g/mol. The molecule has 9 heteroatoms. The quantitative estimate of drug-likeness (QED) is 0.775. The standard InChI is InChI=1S/C19H22F2N4O3/c1-24-4-3-13(11-24)28-17-8-15-16(10-22-17)27-6-5-25(15)12-7-14(18(20)21)19(26-2)23-9-12/h7-10,13,18H,3-6,11H2,1-2H3. The Kier molecular flexibility index (Phi) is 5.17. The summed E-state index contributed by atoms with van der Waals surface area (Å²) in [6, 6.07) is 3.19. The highest BCUT2D eigenvalue weighted by Gasteiger charge is 2.26. The van der Waals surface area contributed by atoms with Gasteiger partial charge >= 0.3 is 0 Å². The van der Waals surface area contributed by atoms with Crippen LogP contribution in [0, 0.1) is 0 Å². The van der Waals surface area contributed by atoms with Crippen LogP contribution in [0.25, 0.3) is 0 Å². The molecule has 0 radical (unpaired) electrons. The molecule has 1 fully saturated rings. The molecule has 0 bridgehead atoms. The minimum atomic E-state index is -2.68. The van der Waals surface area contributed by atoms with Gasteiger partial charge < -0.3 is 24.0 Å². The summed E-state index contributed by atoms with van der Waals surface area (Å²) >= 11 is 0. The van der Waals surface area contributed by atoms with Gasteiger partial charge in [0.15, 0.2) is 5.75 Å².